The highest BCUT2D eigenvalue weighted by Gasteiger charge is 2.50. The highest BCUT2D eigenvalue weighted by molar-refractivity contribution is 7.09. The molecule has 1 N–H and O–H groups in total. The molecule has 0 aliphatic heterocycles. The molecule has 1 heterocycles. The number of aliphatic hydroxyl groups is 1. The number of nitrogens with zero attached hydrogens (tertiary/aromatic N) is 1. The molecule has 0 aromatic carbocycles. The molecule has 0 atom stereocenters. The molecule has 0 saturated heterocycles. The van der Waals surface area contributed by atoms with Crippen molar-refractivity contribution in [2.24, 2.45) is 5.41 Å². The molecule has 0 amide bonds. The van der Waals surface area contributed by atoms with E-state index in [1.807, 2.05) is 12.3 Å². The summed E-state index contributed by atoms with van der Waals surface area (Å²) in [5.41, 5.74) is 0.523. The van der Waals surface area contributed by atoms with Gasteiger partial charge < -0.3 is 5.11 Å². The summed E-state index contributed by atoms with van der Waals surface area (Å²) in [6.45, 7) is 6.34. The predicted molar refractivity (Wildman–Crippen MR) is 53.8 cm³/mol. The van der Waals surface area contributed by atoms with Gasteiger partial charge in [-0.15, -0.1) is 11.3 Å². The van der Waals surface area contributed by atoms with E-state index in [2.05, 4.69) is 18.8 Å². The zero-order valence-electron chi connectivity index (χ0n) is 8.29. The fraction of sp³-hybridized carbons (Fsp3) is 0.700. The van der Waals surface area contributed by atoms with Gasteiger partial charge in [0.2, 0.25) is 0 Å². The van der Waals surface area contributed by atoms with Crippen LogP contribution in [0.2, 0.25) is 0 Å². The number of aromatic nitrogens is 1. The molecule has 0 bridgehead atoms. The van der Waals surface area contributed by atoms with Crippen molar-refractivity contribution < 1.29 is 5.11 Å². The Labute approximate surface area is 82.6 Å². The summed E-state index contributed by atoms with van der Waals surface area (Å²) in [6, 6.07) is 0. The number of hydrogen-bond donors (Lipinski definition) is 1. The molecule has 0 unspecified atom stereocenters. The molecule has 1 aliphatic rings. The van der Waals surface area contributed by atoms with E-state index in [1.165, 1.54) is 0 Å². The molecular formula is C10H15NOS. The first-order chi connectivity index (χ1) is 5.91. The van der Waals surface area contributed by atoms with Crippen molar-refractivity contribution in [3.63, 3.8) is 0 Å². The van der Waals surface area contributed by atoms with Gasteiger partial charge in [0.05, 0.1) is 10.7 Å². The lowest BCUT2D eigenvalue weighted by Gasteiger charge is -2.48. The fourth-order valence-corrected chi connectivity index (χ4v) is 3.00. The van der Waals surface area contributed by atoms with Gasteiger partial charge in [-0.3, -0.25) is 0 Å². The van der Waals surface area contributed by atoms with Gasteiger partial charge in [-0.25, -0.2) is 4.98 Å². The van der Waals surface area contributed by atoms with Gasteiger partial charge in [0.1, 0.15) is 5.60 Å². The minimum Gasteiger partial charge on any atom is -0.383 e. The van der Waals surface area contributed by atoms with Crippen LogP contribution in [0.25, 0.3) is 0 Å². The maximum atomic E-state index is 10.2. The summed E-state index contributed by atoms with van der Waals surface area (Å²) < 4.78 is 0. The molecule has 1 aromatic rings. The molecule has 1 fully saturated rings. The van der Waals surface area contributed by atoms with Gasteiger partial charge in [-0.2, -0.15) is 0 Å². The smallest absolute Gasteiger partial charge is 0.108 e. The second kappa shape index (κ2) is 2.55. The van der Waals surface area contributed by atoms with Gasteiger partial charge in [0.25, 0.3) is 0 Å². The van der Waals surface area contributed by atoms with Crippen molar-refractivity contribution in [3.05, 3.63) is 16.1 Å². The number of thiazole rings is 1. The van der Waals surface area contributed by atoms with Gasteiger partial charge in [-0.1, -0.05) is 13.8 Å². The Kier molecular flexibility index (Phi) is 1.79. The quantitative estimate of drug-likeness (QED) is 0.750. The minimum absolute atomic E-state index is 0.284. The summed E-state index contributed by atoms with van der Waals surface area (Å²) in [5, 5.41) is 13.2. The van der Waals surface area contributed by atoms with Crippen molar-refractivity contribution in [1.82, 2.24) is 4.98 Å². The van der Waals surface area contributed by atoms with Crippen LogP contribution in [0.4, 0.5) is 0 Å². The van der Waals surface area contributed by atoms with E-state index >= 15 is 0 Å². The van der Waals surface area contributed by atoms with Crippen LogP contribution in [0.1, 0.15) is 37.4 Å². The molecule has 3 heteroatoms. The van der Waals surface area contributed by atoms with E-state index in [0.717, 1.165) is 23.5 Å². The number of hydrogen-bond acceptors (Lipinski definition) is 3. The lowest BCUT2D eigenvalue weighted by atomic mass is 9.60. The zero-order valence-corrected chi connectivity index (χ0v) is 9.11. The lowest BCUT2D eigenvalue weighted by molar-refractivity contribution is -0.122. The van der Waals surface area contributed by atoms with Crippen LogP contribution in [0, 0.1) is 12.3 Å². The minimum atomic E-state index is -0.631. The van der Waals surface area contributed by atoms with Gasteiger partial charge in [-0.05, 0) is 25.2 Å². The van der Waals surface area contributed by atoms with Crippen molar-refractivity contribution >= 4 is 11.3 Å². The van der Waals surface area contributed by atoms with Gasteiger partial charge >= 0.3 is 0 Å². The highest BCUT2D eigenvalue weighted by Crippen LogP contribution is 2.53. The van der Waals surface area contributed by atoms with Crippen LogP contribution in [-0.4, -0.2) is 10.1 Å². The predicted octanol–water partition coefficient (Wildman–Crippen LogP) is 2.46. The Balaban J connectivity index is 2.20. The first-order valence-electron chi connectivity index (χ1n) is 4.56. The van der Waals surface area contributed by atoms with Crippen LogP contribution >= 0.6 is 11.3 Å². The Bertz CT molecular complexity index is 321. The van der Waals surface area contributed by atoms with Crippen molar-refractivity contribution in [2.75, 3.05) is 0 Å². The summed E-state index contributed by atoms with van der Waals surface area (Å²) in [6.07, 6.45) is 1.67. The number of rotatable bonds is 1. The van der Waals surface area contributed by atoms with E-state index in [9.17, 15) is 5.11 Å². The molecule has 72 valence electrons. The third kappa shape index (κ3) is 1.51. The monoisotopic (exact) mass is 197 g/mol. The molecule has 1 aromatic heterocycles. The first kappa shape index (κ1) is 9.16. The van der Waals surface area contributed by atoms with Crippen LogP contribution in [0.3, 0.4) is 0 Å². The second-order valence-corrected chi connectivity index (χ2v) is 5.86. The van der Waals surface area contributed by atoms with Crippen LogP contribution in [0.15, 0.2) is 5.38 Å². The standard InChI is InChI=1S/C10H15NOS/c1-7-11-8(4-13-7)10(12)5-9(2,3)6-10/h4,12H,5-6H2,1-3H3. The molecule has 0 radical (unpaired) electrons. The molecular weight excluding hydrogens is 182 g/mol. The van der Waals surface area contributed by atoms with E-state index in [0.29, 0.717) is 0 Å². The first-order valence-corrected chi connectivity index (χ1v) is 5.44. The van der Waals surface area contributed by atoms with Crippen molar-refractivity contribution in [1.29, 1.82) is 0 Å². The largest absolute Gasteiger partial charge is 0.383 e. The maximum absolute atomic E-state index is 10.2. The second-order valence-electron chi connectivity index (χ2n) is 4.80. The fourth-order valence-electron chi connectivity index (χ4n) is 2.29. The summed E-state index contributed by atoms with van der Waals surface area (Å²) in [4.78, 5) is 4.34. The zero-order chi connectivity index (χ0) is 9.69. The van der Waals surface area contributed by atoms with Gasteiger partial charge in [0, 0.05) is 5.38 Å². The number of aryl methyl sites for hydroxylation is 1. The summed E-state index contributed by atoms with van der Waals surface area (Å²) in [7, 11) is 0. The molecule has 13 heavy (non-hydrogen) atoms. The Hall–Kier alpha value is -0.410. The molecule has 1 saturated carbocycles. The van der Waals surface area contributed by atoms with Crippen LogP contribution in [0.5, 0.6) is 0 Å². The SMILES string of the molecule is Cc1nc(C2(O)CC(C)(C)C2)cs1. The van der Waals surface area contributed by atoms with E-state index in [4.69, 9.17) is 0 Å². The normalized spacial score (nSPS) is 24.0. The Morgan fingerprint density at radius 2 is 2.08 bits per heavy atom. The van der Waals surface area contributed by atoms with E-state index in [1.54, 1.807) is 11.3 Å². The van der Waals surface area contributed by atoms with E-state index in [-0.39, 0.29) is 5.41 Å². The molecule has 1 aliphatic carbocycles. The third-order valence-electron chi connectivity index (χ3n) is 2.64. The summed E-state index contributed by atoms with van der Waals surface area (Å²) >= 11 is 1.61. The third-order valence-corrected chi connectivity index (χ3v) is 3.41. The highest BCUT2D eigenvalue weighted by atomic mass is 32.1. The van der Waals surface area contributed by atoms with Crippen molar-refractivity contribution in [2.45, 2.75) is 39.2 Å². The Morgan fingerprint density at radius 3 is 2.46 bits per heavy atom. The molecule has 2 rings (SSSR count). The average molecular weight is 197 g/mol. The van der Waals surface area contributed by atoms with Crippen molar-refractivity contribution in [3.8, 4) is 0 Å². The lowest BCUT2D eigenvalue weighted by Crippen LogP contribution is -2.46. The summed E-state index contributed by atoms with van der Waals surface area (Å²) in [5.74, 6) is 0. The van der Waals surface area contributed by atoms with Crippen LogP contribution < -0.4 is 0 Å². The van der Waals surface area contributed by atoms with E-state index < -0.39 is 5.60 Å². The maximum Gasteiger partial charge on any atom is 0.108 e. The molecule has 0 spiro atoms. The van der Waals surface area contributed by atoms with Gasteiger partial charge in [0.15, 0.2) is 0 Å². The Morgan fingerprint density at radius 1 is 1.46 bits per heavy atom. The molecule has 2 nitrogen and oxygen atoms in total. The topological polar surface area (TPSA) is 33.1 Å². The average Bonchev–Trinajstić information content (AvgIpc) is 2.31. The van der Waals surface area contributed by atoms with Crippen LogP contribution in [-0.2, 0) is 5.60 Å².